The van der Waals surface area contributed by atoms with E-state index in [0.717, 1.165) is 31.2 Å². The van der Waals surface area contributed by atoms with Gasteiger partial charge in [0.05, 0.1) is 6.61 Å². The normalized spacial score (nSPS) is 16.7. The Morgan fingerprint density at radius 1 is 1.43 bits per heavy atom. The van der Waals surface area contributed by atoms with Crippen molar-refractivity contribution in [1.29, 1.82) is 0 Å². The van der Waals surface area contributed by atoms with E-state index in [1.807, 2.05) is 31.2 Å². The molecule has 0 heterocycles. The highest BCUT2D eigenvalue weighted by atomic mass is 16.5. The molecule has 0 saturated heterocycles. The van der Waals surface area contributed by atoms with Gasteiger partial charge in [-0.1, -0.05) is 25.0 Å². The molecule has 0 aromatic heterocycles. The fourth-order valence-electron chi connectivity index (χ4n) is 2.97. The molecule has 1 aliphatic rings. The van der Waals surface area contributed by atoms with E-state index in [1.54, 1.807) is 11.8 Å². The Morgan fingerprint density at radius 2 is 2.14 bits per heavy atom. The van der Waals surface area contributed by atoms with Crippen molar-refractivity contribution in [3.63, 3.8) is 0 Å². The lowest BCUT2D eigenvalue weighted by molar-refractivity contribution is -0.140. The van der Waals surface area contributed by atoms with Crippen LogP contribution in [0.3, 0.4) is 0 Å². The molecule has 4 nitrogen and oxygen atoms in total. The van der Waals surface area contributed by atoms with E-state index in [0.29, 0.717) is 12.3 Å². The molecule has 0 radical (unpaired) electrons. The highest BCUT2D eigenvalue weighted by Gasteiger charge is 2.30. The molecule has 1 unspecified atom stereocenters. The summed E-state index contributed by atoms with van der Waals surface area (Å²) in [6.07, 6.45) is 3.85. The number of benzene rings is 1. The molecule has 21 heavy (non-hydrogen) atoms. The molecule has 1 atom stereocenters. The number of hydrogen-bond donors (Lipinski definition) is 1. The van der Waals surface area contributed by atoms with E-state index in [2.05, 4.69) is 0 Å². The molecule has 0 bridgehead atoms. The number of amides is 1. The molecule has 1 aliphatic carbocycles. The summed E-state index contributed by atoms with van der Waals surface area (Å²) in [5.41, 5.74) is 1.11. The lowest BCUT2D eigenvalue weighted by Crippen LogP contribution is -2.46. The molecule has 1 aromatic rings. The van der Waals surface area contributed by atoms with Crippen molar-refractivity contribution in [3.05, 3.63) is 29.8 Å². The summed E-state index contributed by atoms with van der Waals surface area (Å²) in [5, 5.41) is 9.22. The molecule has 1 saturated carbocycles. The van der Waals surface area contributed by atoms with Gasteiger partial charge in [0.2, 0.25) is 0 Å². The summed E-state index contributed by atoms with van der Waals surface area (Å²) < 4.78 is 5.77. The van der Waals surface area contributed by atoms with Gasteiger partial charge in [-0.25, -0.2) is 0 Å². The van der Waals surface area contributed by atoms with Gasteiger partial charge in [0.1, 0.15) is 5.75 Å². The molecule has 116 valence electrons. The number of carbonyl (C=O) groups is 1. The minimum atomic E-state index is -0.529. The minimum absolute atomic E-state index is 0.000590. The standard InChI is InChI=1S/C17H25NO3/c1-13-6-5-9-16(12-13)21-14(2)17(20)18(10-11-19)15-7-3-4-8-15/h5-6,9,12,14-15,19H,3-4,7-8,10-11H2,1-2H3. The van der Waals surface area contributed by atoms with E-state index in [9.17, 15) is 9.90 Å². The molecule has 1 amide bonds. The van der Waals surface area contributed by atoms with E-state index in [-0.39, 0.29) is 18.6 Å². The Labute approximate surface area is 126 Å². The van der Waals surface area contributed by atoms with Gasteiger partial charge in [0, 0.05) is 12.6 Å². The smallest absolute Gasteiger partial charge is 0.263 e. The Balaban J connectivity index is 2.01. The molecule has 1 fully saturated rings. The Hall–Kier alpha value is -1.55. The lowest BCUT2D eigenvalue weighted by Gasteiger charge is -2.30. The summed E-state index contributed by atoms with van der Waals surface area (Å²) in [4.78, 5) is 14.4. The first-order valence-electron chi connectivity index (χ1n) is 7.76. The molecule has 1 aromatic carbocycles. The van der Waals surface area contributed by atoms with Gasteiger partial charge >= 0.3 is 0 Å². The third-order valence-corrected chi connectivity index (χ3v) is 4.04. The number of carbonyl (C=O) groups excluding carboxylic acids is 1. The van der Waals surface area contributed by atoms with Gasteiger partial charge in [0.15, 0.2) is 6.10 Å². The first-order chi connectivity index (χ1) is 10.1. The lowest BCUT2D eigenvalue weighted by atomic mass is 10.2. The van der Waals surface area contributed by atoms with Gasteiger partial charge in [-0.15, -0.1) is 0 Å². The van der Waals surface area contributed by atoms with E-state index in [4.69, 9.17) is 4.74 Å². The number of aliphatic hydroxyl groups is 1. The maximum Gasteiger partial charge on any atom is 0.263 e. The van der Waals surface area contributed by atoms with E-state index < -0.39 is 6.10 Å². The number of rotatable bonds is 6. The van der Waals surface area contributed by atoms with E-state index in [1.165, 1.54) is 0 Å². The van der Waals surface area contributed by atoms with Gasteiger partial charge < -0.3 is 14.7 Å². The maximum atomic E-state index is 12.6. The van der Waals surface area contributed by atoms with Crippen molar-refractivity contribution in [2.24, 2.45) is 0 Å². The van der Waals surface area contributed by atoms with Gasteiger partial charge in [-0.2, -0.15) is 0 Å². The van der Waals surface area contributed by atoms with Crippen LogP contribution < -0.4 is 4.74 Å². The third-order valence-electron chi connectivity index (χ3n) is 4.04. The van der Waals surface area contributed by atoms with Gasteiger partial charge in [-0.05, 0) is 44.4 Å². The fraction of sp³-hybridized carbons (Fsp3) is 0.588. The van der Waals surface area contributed by atoms with Crippen molar-refractivity contribution >= 4 is 5.91 Å². The number of nitrogens with zero attached hydrogens (tertiary/aromatic N) is 1. The zero-order valence-electron chi connectivity index (χ0n) is 12.9. The average Bonchev–Trinajstić information content (AvgIpc) is 2.98. The van der Waals surface area contributed by atoms with Crippen LogP contribution in [0.25, 0.3) is 0 Å². The largest absolute Gasteiger partial charge is 0.481 e. The monoisotopic (exact) mass is 291 g/mol. The highest BCUT2D eigenvalue weighted by molar-refractivity contribution is 5.81. The zero-order valence-corrected chi connectivity index (χ0v) is 12.9. The molecule has 1 N–H and O–H groups in total. The highest BCUT2D eigenvalue weighted by Crippen LogP contribution is 2.24. The van der Waals surface area contributed by atoms with Gasteiger partial charge in [-0.3, -0.25) is 4.79 Å². The van der Waals surface area contributed by atoms with Crippen LogP contribution in [-0.4, -0.2) is 41.2 Å². The minimum Gasteiger partial charge on any atom is -0.481 e. The number of aliphatic hydroxyl groups excluding tert-OH is 1. The summed E-state index contributed by atoms with van der Waals surface area (Å²) in [6.45, 7) is 4.17. The summed E-state index contributed by atoms with van der Waals surface area (Å²) >= 11 is 0. The molecule has 2 rings (SSSR count). The van der Waals surface area contributed by atoms with Crippen LogP contribution in [0, 0.1) is 6.92 Å². The Kier molecular flexibility index (Phi) is 5.62. The SMILES string of the molecule is Cc1cccc(OC(C)C(=O)N(CCO)C2CCCC2)c1. The molecule has 0 spiro atoms. The zero-order chi connectivity index (χ0) is 15.2. The second-order valence-electron chi connectivity index (χ2n) is 5.77. The van der Waals surface area contributed by atoms with Crippen LogP contribution >= 0.6 is 0 Å². The second kappa shape index (κ2) is 7.46. The molecule has 0 aliphatic heterocycles. The van der Waals surface area contributed by atoms with Gasteiger partial charge in [0.25, 0.3) is 5.91 Å². The summed E-state index contributed by atoms with van der Waals surface area (Å²) in [6, 6.07) is 7.96. The Morgan fingerprint density at radius 3 is 2.76 bits per heavy atom. The number of hydrogen-bond acceptors (Lipinski definition) is 3. The van der Waals surface area contributed by atoms with Crippen LogP contribution in [0.15, 0.2) is 24.3 Å². The predicted molar refractivity (Wildman–Crippen MR) is 82.3 cm³/mol. The quantitative estimate of drug-likeness (QED) is 0.876. The van der Waals surface area contributed by atoms with Crippen molar-refractivity contribution in [2.75, 3.05) is 13.2 Å². The predicted octanol–water partition coefficient (Wildman–Crippen LogP) is 2.53. The fourth-order valence-corrected chi connectivity index (χ4v) is 2.97. The first-order valence-corrected chi connectivity index (χ1v) is 7.76. The summed E-state index contributed by atoms with van der Waals surface area (Å²) in [7, 11) is 0. The van der Waals surface area contributed by atoms with Crippen molar-refractivity contribution < 1.29 is 14.6 Å². The number of aryl methyl sites for hydroxylation is 1. The van der Waals surface area contributed by atoms with Crippen LogP contribution in [0.1, 0.15) is 38.2 Å². The average molecular weight is 291 g/mol. The molecular weight excluding hydrogens is 266 g/mol. The first kappa shape index (κ1) is 15.8. The molecule has 4 heteroatoms. The van der Waals surface area contributed by atoms with Crippen LogP contribution in [0.5, 0.6) is 5.75 Å². The van der Waals surface area contributed by atoms with Crippen LogP contribution in [0.4, 0.5) is 0 Å². The van der Waals surface area contributed by atoms with Crippen LogP contribution in [0.2, 0.25) is 0 Å². The third kappa shape index (κ3) is 4.21. The molecular formula is C17H25NO3. The van der Waals surface area contributed by atoms with E-state index >= 15 is 0 Å². The van der Waals surface area contributed by atoms with Crippen molar-refractivity contribution in [1.82, 2.24) is 4.90 Å². The topological polar surface area (TPSA) is 49.8 Å². The maximum absolute atomic E-state index is 12.6. The van der Waals surface area contributed by atoms with Crippen molar-refractivity contribution in [2.45, 2.75) is 51.7 Å². The number of ether oxygens (including phenoxy) is 1. The Bertz CT molecular complexity index is 469. The van der Waals surface area contributed by atoms with Crippen LogP contribution in [-0.2, 0) is 4.79 Å². The van der Waals surface area contributed by atoms with Crippen molar-refractivity contribution in [3.8, 4) is 5.75 Å². The summed E-state index contributed by atoms with van der Waals surface area (Å²) in [5.74, 6) is 0.684. The second-order valence-corrected chi connectivity index (χ2v) is 5.77.